The maximum absolute atomic E-state index is 12.2. The van der Waals surface area contributed by atoms with Crippen molar-refractivity contribution < 1.29 is 23.8 Å². The van der Waals surface area contributed by atoms with Gasteiger partial charge in [-0.25, -0.2) is 4.79 Å². The normalized spacial score (nSPS) is 19.0. The summed E-state index contributed by atoms with van der Waals surface area (Å²) >= 11 is 0. The average molecular weight is 312 g/mol. The fraction of sp³-hybridized carbons (Fsp3) is 0.222. The van der Waals surface area contributed by atoms with Crippen LogP contribution in [0.4, 0.5) is 0 Å². The number of ether oxygens (including phenoxy) is 3. The Labute approximate surface area is 133 Å². The zero-order valence-electron chi connectivity index (χ0n) is 12.6. The lowest BCUT2D eigenvalue weighted by molar-refractivity contribution is -0.156. The predicted octanol–water partition coefficient (Wildman–Crippen LogP) is 2.64. The number of hydrogen-bond donors (Lipinski definition) is 0. The Kier molecular flexibility index (Phi) is 4.28. The highest BCUT2D eigenvalue weighted by molar-refractivity contribution is 5.98. The smallest absolute Gasteiger partial charge is 0.351 e. The molecular formula is C18H16O5. The standard InChI is InChI=1S/C18H16O5/c1-12-17(23-16-10-6-5-9-15(16)22-12)18(20)21-11-14(19)13-7-3-2-4-8-13/h2-10,12,17H,11H2,1H3. The van der Waals surface area contributed by atoms with Crippen LogP contribution in [0.25, 0.3) is 0 Å². The zero-order chi connectivity index (χ0) is 16.2. The summed E-state index contributed by atoms with van der Waals surface area (Å²) in [6.07, 6.45) is -1.39. The van der Waals surface area contributed by atoms with E-state index < -0.39 is 18.2 Å². The molecule has 0 bridgehead atoms. The quantitative estimate of drug-likeness (QED) is 0.641. The van der Waals surface area contributed by atoms with Crippen LogP contribution < -0.4 is 9.47 Å². The van der Waals surface area contributed by atoms with Crippen LogP contribution in [0, 0.1) is 0 Å². The molecule has 1 heterocycles. The highest BCUT2D eigenvalue weighted by Crippen LogP contribution is 2.33. The molecule has 0 N–H and O–H groups in total. The molecule has 23 heavy (non-hydrogen) atoms. The molecular weight excluding hydrogens is 296 g/mol. The van der Waals surface area contributed by atoms with Crippen molar-refractivity contribution in [2.24, 2.45) is 0 Å². The average Bonchev–Trinajstić information content (AvgIpc) is 2.59. The molecule has 0 radical (unpaired) electrons. The second-order valence-corrected chi connectivity index (χ2v) is 5.21. The van der Waals surface area contributed by atoms with Gasteiger partial charge in [-0.1, -0.05) is 42.5 Å². The number of ketones is 1. The van der Waals surface area contributed by atoms with Gasteiger partial charge < -0.3 is 14.2 Å². The summed E-state index contributed by atoms with van der Waals surface area (Å²) in [5.74, 6) is 0.200. The topological polar surface area (TPSA) is 61.8 Å². The van der Waals surface area contributed by atoms with E-state index in [0.717, 1.165) is 0 Å². The molecule has 2 atom stereocenters. The number of carbonyl (C=O) groups is 2. The van der Waals surface area contributed by atoms with Crippen LogP contribution in [0.1, 0.15) is 17.3 Å². The number of hydrogen-bond acceptors (Lipinski definition) is 5. The second-order valence-electron chi connectivity index (χ2n) is 5.21. The largest absolute Gasteiger partial charge is 0.482 e. The molecule has 0 saturated heterocycles. The molecule has 0 aliphatic carbocycles. The van der Waals surface area contributed by atoms with Crippen molar-refractivity contribution in [2.75, 3.05) is 6.61 Å². The summed E-state index contributed by atoms with van der Waals surface area (Å²) in [5.41, 5.74) is 0.500. The Hall–Kier alpha value is -2.82. The van der Waals surface area contributed by atoms with Crippen LogP contribution in [-0.4, -0.2) is 30.6 Å². The van der Waals surface area contributed by atoms with Crippen molar-refractivity contribution in [2.45, 2.75) is 19.1 Å². The van der Waals surface area contributed by atoms with Gasteiger partial charge in [-0.15, -0.1) is 0 Å². The molecule has 3 rings (SSSR count). The number of Topliss-reactive ketones (excluding diaryl/α,β-unsaturated/α-hetero) is 1. The Bertz CT molecular complexity index is 710. The predicted molar refractivity (Wildman–Crippen MR) is 82.7 cm³/mol. The van der Waals surface area contributed by atoms with E-state index in [1.165, 1.54) is 0 Å². The third-order valence-electron chi connectivity index (χ3n) is 3.52. The van der Waals surface area contributed by atoms with Gasteiger partial charge in [-0.2, -0.15) is 0 Å². The lowest BCUT2D eigenvalue weighted by Crippen LogP contribution is -2.44. The number of benzene rings is 2. The van der Waals surface area contributed by atoms with Crippen LogP contribution in [0.3, 0.4) is 0 Å². The minimum Gasteiger partial charge on any atom is -0.482 e. The van der Waals surface area contributed by atoms with E-state index in [-0.39, 0.29) is 12.4 Å². The zero-order valence-corrected chi connectivity index (χ0v) is 12.6. The lowest BCUT2D eigenvalue weighted by Gasteiger charge is -2.30. The van der Waals surface area contributed by atoms with Crippen LogP contribution >= 0.6 is 0 Å². The van der Waals surface area contributed by atoms with Crippen LogP contribution in [0.2, 0.25) is 0 Å². The number of para-hydroxylation sites is 2. The first-order chi connectivity index (χ1) is 11.1. The van der Waals surface area contributed by atoms with Crippen molar-refractivity contribution in [3.05, 3.63) is 60.2 Å². The van der Waals surface area contributed by atoms with Crippen molar-refractivity contribution >= 4 is 11.8 Å². The van der Waals surface area contributed by atoms with E-state index in [1.54, 1.807) is 49.4 Å². The van der Waals surface area contributed by atoms with Crippen molar-refractivity contribution in [3.63, 3.8) is 0 Å². The van der Waals surface area contributed by atoms with Gasteiger partial charge in [0.25, 0.3) is 0 Å². The SMILES string of the molecule is CC1Oc2ccccc2OC1C(=O)OCC(=O)c1ccccc1. The molecule has 5 nitrogen and oxygen atoms in total. The molecule has 2 aromatic carbocycles. The second kappa shape index (κ2) is 6.52. The van der Waals surface area contributed by atoms with E-state index in [9.17, 15) is 9.59 Å². The maximum atomic E-state index is 12.2. The summed E-state index contributed by atoms with van der Waals surface area (Å²) in [6, 6.07) is 15.8. The van der Waals surface area contributed by atoms with E-state index in [0.29, 0.717) is 17.1 Å². The fourth-order valence-electron chi connectivity index (χ4n) is 2.31. The van der Waals surface area contributed by atoms with Crippen molar-refractivity contribution in [1.29, 1.82) is 0 Å². The van der Waals surface area contributed by atoms with E-state index in [1.807, 2.05) is 12.1 Å². The summed E-state index contributed by atoms with van der Waals surface area (Å²) < 4.78 is 16.4. The van der Waals surface area contributed by atoms with Gasteiger partial charge in [0.2, 0.25) is 6.10 Å². The van der Waals surface area contributed by atoms with E-state index >= 15 is 0 Å². The van der Waals surface area contributed by atoms with Crippen LogP contribution in [-0.2, 0) is 9.53 Å². The summed E-state index contributed by atoms with van der Waals surface area (Å²) in [5, 5.41) is 0. The van der Waals surface area contributed by atoms with Gasteiger partial charge in [0.1, 0.15) is 6.10 Å². The van der Waals surface area contributed by atoms with Crippen molar-refractivity contribution in [1.82, 2.24) is 0 Å². The third-order valence-corrected chi connectivity index (χ3v) is 3.52. The third kappa shape index (κ3) is 3.34. The molecule has 1 aliphatic heterocycles. The molecule has 118 valence electrons. The van der Waals surface area contributed by atoms with Crippen LogP contribution in [0.15, 0.2) is 54.6 Å². The molecule has 5 heteroatoms. The molecule has 1 aliphatic rings. The number of rotatable bonds is 4. The van der Waals surface area contributed by atoms with Gasteiger partial charge >= 0.3 is 5.97 Å². The van der Waals surface area contributed by atoms with Crippen molar-refractivity contribution in [3.8, 4) is 11.5 Å². The first-order valence-corrected chi connectivity index (χ1v) is 7.32. The highest BCUT2D eigenvalue weighted by atomic mass is 16.6. The van der Waals surface area contributed by atoms with E-state index in [4.69, 9.17) is 14.2 Å². The first kappa shape index (κ1) is 15.1. The minimum atomic E-state index is -0.895. The summed E-state index contributed by atoms with van der Waals surface area (Å²) in [4.78, 5) is 24.1. The van der Waals surface area contributed by atoms with Gasteiger partial charge in [0, 0.05) is 5.56 Å². The molecule has 0 spiro atoms. The number of fused-ring (bicyclic) bond motifs is 1. The highest BCUT2D eigenvalue weighted by Gasteiger charge is 2.35. The van der Waals surface area contributed by atoms with Crippen LogP contribution in [0.5, 0.6) is 11.5 Å². The first-order valence-electron chi connectivity index (χ1n) is 7.32. The molecule has 0 fully saturated rings. The molecule has 2 unspecified atom stereocenters. The minimum absolute atomic E-state index is 0.260. The Morgan fingerprint density at radius 3 is 2.26 bits per heavy atom. The Balaban J connectivity index is 1.62. The fourth-order valence-corrected chi connectivity index (χ4v) is 2.31. The van der Waals surface area contributed by atoms with Gasteiger partial charge in [0.05, 0.1) is 0 Å². The lowest BCUT2D eigenvalue weighted by atomic mass is 10.1. The maximum Gasteiger partial charge on any atom is 0.351 e. The van der Waals surface area contributed by atoms with E-state index in [2.05, 4.69) is 0 Å². The number of esters is 1. The molecule has 2 aromatic rings. The molecule has 0 saturated carbocycles. The molecule has 0 amide bonds. The van der Waals surface area contributed by atoms with Gasteiger partial charge in [-0.3, -0.25) is 4.79 Å². The number of carbonyl (C=O) groups excluding carboxylic acids is 2. The monoisotopic (exact) mass is 312 g/mol. The molecule has 0 aromatic heterocycles. The Morgan fingerprint density at radius 2 is 1.57 bits per heavy atom. The van der Waals surface area contributed by atoms with Gasteiger partial charge in [0.15, 0.2) is 23.9 Å². The Morgan fingerprint density at radius 1 is 0.957 bits per heavy atom. The summed E-state index contributed by atoms with van der Waals surface area (Å²) in [7, 11) is 0. The summed E-state index contributed by atoms with van der Waals surface area (Å²) in [6.45, 7) is 1.40. The van der Waals surface area contributed by atoms with Gasteiger partial charge in [-0.05, 0) is 19.1 Å².